The minimum absolute atomic E-state index is 0.0140. The summed E-state index contributed by atoms with van der Waals surface area (Å²) in [6.07, 6.45) is 2.35. The van der Waals surface area contributed by atoms with Gasteiger partial charge in [0.15, 0.2) is 11.5 Å². The molecule has 0 aliphatic carbocycles. The maximum absolute atomic E-state index is 10.5. The van der Waals surface area contributed by atoms with Crippen LogP contribution in [-0.2, 0) is 4.79 Å². The third-order valence-corrected chi connectivity index (χ3v) is 3.61. The Bertz CT molecular complexity index is 469. The second-order valence-corrected chi connectivity index (χ2v) is 5.17. The van der Waals surface area contributed by atoms with Gasteiger partial charge in [0.1, 0.15) is 0 Å². The molecule has 1 aliphatic heterocycles. The summed E-state index contributed by atoms with van der Waals surface area (Å²) in [5.41, 5.74) is 1.25. The van der Waals surface area contributed by atoms with Crippen molar-refractivity contribution < 1.29 is 19.4 Å². The summed E-state index contributed by atoms with van der Waals surface area (Å²) in [4.78, 5) is 10.5. The number of hydrogen-bond acceptors (Lipinski definition) is 4. The lowest BCUT2D eigenvalue weighted by Crippen LogP contribution is -2.28. The quantitative estimate of drug-likeness (QED) is 0.808. The van der Waals surface area contributed by atoms with Gasteiger partial charge >= 0.3 is 5.97 Å². The van der Waals surface area contributed by atoms with Crippen molar-refractivity contribution in [2.24, 2.45) is 0 Å². The minimum Gasteiger partial charge on any atom is -0.490 e. The number of piperidine rings is 1. The highest BCUT2D eigenvalue weighted by Gasteiger charge is 2.17. The molecule has 1 heterocycles. The van der Waals surface area contributed by atoms with E-state index in [1.165, 1.54) is 18.4 Å². The van der Waals surface area contributed by atoms with Crippen molar-refractivity contribution >= 4 is 5.97 Å². The van der Waals surface area contributed by atoms with Crippen LogP contribution in [0.15, 0.2) is 18.2 Å². The van der Waals surface area contributed by atoms with Gasteiger partial charge in [0.25, 0.3) is 0 Å². The Morgan fingerprint density at radius 3 is 2.90 bits per heavy atom. The Morgan fingerprint density at radius 1 is 1.38 bits per heavy atom. The van der Waals surface area contributed by atoms with Crippen LogP contribution in [0.2, 0.25) is 0 Å². The molecule has 0 saturated carbocycles. The van der Waals surface area contributed by atoms with Gasteiger partial charge in [0.2, 0.25) is 0 Å². The zero-order valence-corrected chi connectivity index (χ0v) is 12.4. The van der Waals surface area contributed by atoms with Crippen molar-refractivity contribution in [3.8, 4) is 11.5 Å². The first-order valence-electron chi connectivity index (χ1n) is 7.52. The van der Waals surface area contributed by atoms with Gasteiger partial charge in [0.05, 0.1) is 19.6 Å². The maximum atomic E-state index is 10.5. The van der Waals surface area contributed by atoms with Crippen LogP contribution in [0.4, 0.5) is 0 Å². The summed E-state index contributed by atoms with van der Waals surface area (Å²) in [7, 11) is 0. The first-order valence-corrected chi connectivity index (χ1v) is 7.52. The highest BCUT2D eigenvalue weighted by Crippen LogP contribution is 2.33. The van der Waals surface area contributed by atoms with Crippen LogP contribution >= 0.6 is 0 Å². The topological polar surface area (TPSA) is 67.8 Å². The second-order valence-electron chi connectivity index (χ2n) is 5.17. The lowest BCUT2D eigenvalue weighted by Gasteiger charge is -2.24. The van der Waals surface area contributed by atoms with E-state index in [1.54, 1.807) is 0 Å². The number of carboxylic acid groups (broad SMARTS) is 1. The summed E-state index contributed by atoms with van der Waals surface area (Å²) in [6, 6.07) is 5.96. The van der Waals surface area contributed by atoms with E-state index >= 15 is 0 Å². The molecule has 1 atom stereocenters. The van der Waals surface area contributed by atoms with Crippen molar-refractivity contribution in [1.29, 1.82) is 0 Å². The van der Waals surface area contributed by atoms with E-state index in [0.29, 0.717) is 24.0 Å². The molecule has 0 aromatic heterocycles. The highest BCUT2D eigenvalue weighted by molar-refractivity contribution is 5.66. The normalized spacial score (nSPS) is 18.2. The molecule has 1 aromatic rings. The molecule has 0 bridgehead atoms. The third kappa shape index (κ3) is 4.63. The average molecular weight is 293 g/mol. The molecule has 5 heteroatoms. The molecule has 1 aromatic carbocycles. The van der Waals surface area contributed by atoms with Crippen molar-refractivity contribution in [2.75, 3.05) is 26.3 Å². The van der Waals surface area contributed by atoms with Crippen molar-refractivity contribution in [2.45, 2.75) is 32.1 Å². The molecule has 2 N–H and O–H groups in total. The molecule has 1 saturated heterocycles. The van der Waals surface area contributed by atoms with E-state index in [9.17, 15) is 4.79 Å². The molecule has 116 valence electrons. The van der Waals surface area contributed by atoms with Crippen LogP contribution in [-0.4, -0.2) is 37.4 Å². The van der Waals surface area contributed by atoms with Crippen LogP contribution in [0, 0.1) is 0 Å². The van der Waals surface area contributed by atoms with Crippen LogP contribution in [0.1, 0.15) is 37.7 Å². The third-order valence-electron chi connectivity index (χ3n) is 3.61. The Labute approximate surface area is 125 Å². The summed E-state index contributed by atoms with van der Waals surface area (Å²) in [5.74, 6) is 0.959. The molecule has 0 spiro atoms. The lowest BCUT2D eigenvalue weighted by atomic mass is 9.91. The van der Waals surface area contributed by atoms with Crippen LogP contribution < -0.4 is 14.8 Å². The van der Waals surface area contributed by atoms with Gasteiger partial charge in [-0.15, -0.1) is 0 Å². The number of hydrogen-bond donors (Lipinski definition) is 2. The number of nitrogens with one attached hydrogen (secondary N) is 1. The fraction of sp³-hybridized carbons (Fsp3) is 0.562. The summed E-state index contributed by atoms with van der Waals surface area (Å²) < 4.78 is 11.2. The van der Waals surface area contributed by atoms with Gasteiger partial charge in [0, 0.05) is 6.54 Å². The van der Waals surface area contributed by atoms with Crippen molar-refractivity contribution in [3.63, 3.8) is 0 Å². The van der Waals surface area contributed by atoms with E-state index < -0.39 is 5.97 Å². The Hall–Kier alpha value is -1.75. The van der Waals surface area contributed by atoms with Crippen LogP contribution in [0.5, 0.6) is 11.5 Å². The molecule has 5 nitrogen and oxygen atoms in total. The van der Waals surface area contributed by atoms with Crippen molar-refractivity contribution in [3.05, 3.63) is 23.8 Å². The fourth-order valence-corrected chi connectivity index (χ4v) is 2.55. The zero-order valence-electron chi connectivity index (χ0n) is 12.4. The van der Waals surface area contributed by atoms with Gasteiger partial charge < -0.3 is 19.9 Å². The predicted octanol–water partition coefficient (Wildman–Crippen LogP) is 2.41. The number of ether oxygens (including phenoxy) is 2. The van der Waals surface area contributed by atoms with Gasteiger partial charge in [-0.05, 0) is 49.9 Å². The predicted molar refractivity (Wildman–Crippen MR) is 80.2 cm³/mol. The van der Waals surface area contributed by atoms with Gasteiger partial charge in [-0.3, -0.25) is 4.79 Å². The molecular weight excluding hydrogens is 270 g/mol. The largest absolute Gasteiger partial charge is 0.490 e. The molecule has 2 rings (SSSR count). The molecule has 1 fully saturated rings. The average Bonchev–Trinajstić information content (AvgIpc) is 2.49. The van der Waals surface area contributed by atoms with E-state index in [0.717, 1.165) is 13.1 Å². The van der Waals surface area contributed by atoms with E-state index in [1.807, 2.05) is 19.1 Å². The summed E-state index contributed by atoms with van der Waals surface area (Å²) in [6.45, 7) is 4.72. The smallest absolute Gasteiger partial charge is 0.306 e. The minimum atomic E-state index is -0.863. The standard InChI is InChI=1S/C16H23NO4/c1-2-20-15-10-12(13-4-3-8-17-11-13)5-6-14(15)21-9-7-16(18)19/h5-6,10,13,17H,2-4,7-9,11H2,1H3,(H,18,19). The first kappa shape index (κ1) is 15.6. The molecular formula is C16H23NO4. The number of carbonyl (C=O) groups is 1. The molecule has 1 aliphatic rings. The molecule has 21 heavy (non-hydrogen) atoms. The monoisotopic (exact) mass is 293 g/mol. The van der Waals surface area contributed by atoms with Crippen LogP contribution in [0.3, 0.4) is 0 Å². The molecule has 0 amide bonds. The SMILES string of the molecule is CCOc1cc(C2CCCNC2)ccc1OCCC(=O)O. The molecule has 0 radical (unpaired) electrons. The Balaban J connectivity index is 2.07. The summed E-state index contributed by atoms with van der Waals surface area (Å²) in [5, 5.41) is 12.1. The second kappa shape index (κ2) is 7.88. The maximum Gasteiger partial charge on any atom is 0.306 e. The van der Waals surface area contributed by atoms with Gasteiger partial charge in [-0.2, -0.15) is 0 Å². The number of rotatable bonds is 7. The molecule has 1 unspecified atom stereocenters. The van der Waals surface area contributed by atoms with Crippen molar-refractivity contribution in [1.82, 2.24) is 5.32 Å². The number of benzene rings is 1. The van der Waals surface area contributed by atoms with Crippen LogP contribution in [0.25, 0.3) is 0 Å². The van der Waals surface area contributed by atoms with Gasteiger partial charge in [-0.1, -0.05) is 6.07 Å². The fourth-order valence-electron chi connectivity index (χ4n) is 2.55. The number of carboxylic acids is 1. The van der Waals surface area contributed by atoms with E-state index in [2.05, 4.69) is 11.4 Å². The lowest BCUT2D eigenvalue weighted by molar-refractivity contribution is -0.137. The van der Waals surface area contributed by atoms with E-state index in [4.69, 9.17) is 14.6 Å². The van der Waals surface area contributed by atoms with E-state index in [-0.39, 0.29) is 13.0 Å². The first-order chi connectivity index (χ1) is 10.2. The highest BCUT2D eigenvalue weighted by atomic mass is 16.5. The zero-order chi connectivity index (χ0) is 15.1. The van der Waals surface area contributed by atoms with Gasteiger partial charge in [-0.25, -0.2) is 0 Å². The summed E-state index contributed by atoms with van der Waals surface area (Å²) >= 11 is 0. The number of aliphatic carboxylic acids is 1. The Morgan fingerprint density at radius 2 is 2.24 bits per heavy atom. The Kier molecular flexibility index (Phi) is 5.87.